The van der Waals surface area contributed by atoms with Gasteiger partial charge in [-0.1, -0.05) is 0 Å². The summed E-state index contributed by atoms with van der Waals surface area (Å²) in [5.74, 6) is -0.875. The van der Waals surface area contributed by atoms with Crippen LogP contribution in [0, 0.1) is 5.41 Å². The molecule has 2 N–H and O–H groups in total. The number of hydrogen-bond donors (Lipinski definition) is 2. The number of carbonyl (C=O) groups is 2. The lowest BCUT2D eigenvalue weighted by atomic mass is 9.81. The van der Waals surface area contributed by atoms with Gasteiger partial charge in [-0.15, -0.1) is 0 Å². The number of primary amides is 1. The topological polar surface area (TPSA) is 60.2 Å². The highest BCUT2D eigenvalue weighted by molar-refractivity contribution is 7.82. The van der Waals surface area contributed by atoms with Crippen LogP contribution in [0.5, 0.6) is 0 Å². The van der Waals surface area contributed by atoms with Crippen molar-refractivity contribution in [2.24, 2.45) is 11.1 Å². The number of nitrogens with two attached hydrogens (primary N) is 1. The second-order valence-corrected chi connectivity index (χ2v) is 5.00. The molecule has 1 amide bonds. The Morgan fingerprint density at radius 3 is 1.58 bits per heavy atom. The van der Waals surface area contributed by atoms with E-state index in [-0.39, 0.29) is 5.78 Å². The maximum atomic E-state index is 11.6. The normalized spacial score (nSPS) is 12.8. The van der Waals surface area contributed by atoms with E-state index in [0.717, 1.165) is 0 Å². The zero-order valence-corrected chi connectivity index (χ0v) is 8.74. The molecule has 0 fully saturated rings. The molecule has 0 unspecified atom stereocenters. The van der Waals surface area contributed by atoms with Crippen LogP contribution in [0.4, 0.5) is 0 Å². The van der Waals surface area contributed by atoms with E-state index in [1.54, 1.807) is 13.8 Å². The summed E-state index contributed by atoms with van der Waals surface area (Å²) in [4.78, 5) is 22.4. The molecule has 4 heteroatoms. The smallest absolute Gasteiger partial charge is 0.230 e. The van der Waals surface area contributed by atoms with Gasteiger partial charge in [-0.3, -0.25) is 9.59 Å². The Balaban J connectivity index is 4.83. The van der Waals surface area contributed by atoms with Gasteiger partial charge in [-0.2, -0.15) is 12.6 Å². The molecule has 0 aromatic heterocycles. The molecule has 0 atom stereocenters. The van der Waals surface area contributed by atoms with Crippen LogP contribution < -0.4 is 5.73 Å². The Morgan fingerprint density at radius 1 is 1.17 bits per heavy atom. The minimum Gasteiger partial charge on any atom is -0.369 e. The van der Waals surface area contributed by atoms with E-state index in [1.807, 2.05) is 0 Å². The quantitative estimate of drug-likeness (QED) is 0.509. The van der Waals surface area contributed by atoms with E-state index in [2.05, 4.69) is 12.6 Å². The molecule has 0 rings (SSSR count). The second-order valence-electron chi connectivity index (χ2n) is 3.88. The van der Waals surface area contributed by atoms with Crippen molar-refractivity contribution < 1.29 is 9.59 Å². The number of thiol groups is 1. The Kier molecular flexibility index (Phi) is 2.96. The van der Waals surface area contributed by atoms with Crippen LogP contribution in [0.3, 0.4) is 0 Å². The van der Waals surface area contributed by atoms with Gasteiger partial charge in [0.15, 0.2) is 5.78 Å². The average Bonchev–Trinajstić information content (AvgIpc) is 1.83. The van der Waals surface area contributed by atoms with Crippen LogP contribution in [-0.4, -0.2) is 16.4 Å². The standard InChI is InChI=1S/C8H15NO2S/c1-7(2,6(9)11)5(10)8(3,4)12/h12H,1-4H3,(H2,9,11). The molecule has 0 heterocycles. The minimum atomic E-state index is -1.13. The van der Waals surface area contributed by atoms with Gasteiger partial charge in [0.05, 0.1) is 4.75 Å². The highest BCUT2D eigenvalue weighted by atomic mass is 32.1. The molecule has 0 radical (unpaired) electrons. The van der Waals surface area contributed by atoms with Crippen LogP contribution in [0.1, 0.15) is 27.7 Å². The molecule has 0 aliphatic carbocycles. The van der Waals surface area contributed by atoms with Crippen molar-refractivity contribution in [1.82, 2.24) is 0 Å². The van der Waals surface area contributed by atoms with E-state index in [1.165, 1.54) is 13.8 Å². The van der Waals surface area contributed by atoms with E-state index in [4.69, 9.17) is 5.73 Å². The van der Waals surface area contributed by atoms with Crippen LogP contribution >= 0.6 is 12.6 Å². The van der Waals surface area contributed by atoms with E-state index in [9.17, 15) is 9.59 Å². The van der Waals surface area contributed by atoms with Gasteiger partial charge < -0.3 is 5.73 Å². The first kappa shape index (κ1) is 11.5. The molecule has 0 spiro atoms. The fourth-order valence-electron chi connectivity index (χ4n) is 0.877. The molecule has 0 aromatic carbocycles. The van der Waals surface area contributed by atoms with Crippen molar-refractivity contribution in [3.05, 3.63) is 0 Å². The molecular weight excluding hydrogens is 174 g/mol. The number of rotatable bonds is 3. The Bertz CT molecular complexity index is 216. The zero-order chi connectivity index (χ0) is 10.2. The van der Waals surface area contributed by atoms with Gasteiger partial charge in [-0.05, 0) is 27.7 Å². The van der Waals surface area contributed by atoms with Crippen molar-refractivity contribution in [1.29, 1.82) is 0 Å². The predicted molar refractivity (Wildman–Crippen MR) is 51.0 cm³/mol. The Hall–Kier alpha value is -0.510. The molecule has 0 aliphatic rings. The predicted octanol–water partition coefficient (Wildman–Crippen LogP) is 0.775. The summed E-state index contributed by atoms with van der Waals surface area (Å²) in [5.41, 5.74) is 3.94. The molecule has 70 valence electrons. The molecule has 0 bridgehead atoms. The van der Waals surface area contributed by atoms with Crippen molar-refractivity contribution in [3.8, 4) is 0 Å². The first-order valence-corrected chi connectivity index (χ1v) is 4.12. The largest absolute Gasteiger partial charge is 0.369 e. The van der Waals surface area contributed by atoms with Crippen LogP contribution in [-0.2, 0) is 9.59 Å². The molecule has 0 saturated heterocycles. The Labute approximate surface area is 78.1 Å². The summed E-state index contributed by atoms with van der Waals surface area (Å²) >= 11 is 4.08. The molecule has 0 aliphatic heterocycles. The molecule has 3 nitrogen and oxygen atoms in total. The first-order valence-electron chi connectivity index (χ1n) is 3.67. The summed E-state index contributed by atoms with van der Waals surface area (Å²) in [6.45, 7) is 6.30. The summed E-state index contributed by atoms with van der Waals surface area (Å²) in [7, 11) is 0. The highest BCUT2D eigenvalue weighted by Crippen LogP contribution is 2.27. The Morgan fingerprint density at radius 2 is 1.50 bits per heavy atom. The monoisotopic (exact) mass is 189 g/mol. The fourth-order valence-corrected chi connectivity index (χ4v) is 1.16. The molecule has 12 heavy (non-hydrogen) atoms. The molecule has 0 saturated carbocycles. The summed E-state index contributed by atoms with van der Waals surface area (Å²) in [6.07, 6.45) is 0. The van der Waals surface area contributed by atoms with Crippen molar-refractivity contribution in [3.63, 3.8) is 0 Å². The lowest BCUT2D eigenvalue weighted by molar-refractivity contribution is -0.139. The van der Waals surface area contributed by atoms with Gasteiger partial charge in [0.1, 0.15) is 5.41 Å². The SMILES string of the molecule is CC(C)(S)C(=O)C(C)(C)C(N)=O. The maximum absolute atomic E-state index is 11.6. The molecule has 0 aromatic rings. The number of hydrogen-bond acceptors (Lipinski definition) is 3. The van der Waals surface area contributed by atoms with E-state index < -0.39 is 16.1 Å². The average molecular weight is 189 g/mol. The summed E-state index contributed by atoms with van der Waals surface area (Å²) in [6, 6.07) is 0. The van der Waals surface area contributed by atoms with Crippen molar-refractivity contribution in [2.75, 3.05) is 0 Å². The highest BCUT2D eigenvalue weighted by Gasteiger charge is 2.41. The second kappa shape index (κ2) is 3.09. The third-order valence-electron chi connectivity index (χ3n) is 1.74. The first-order chi connectivity index (χ1) is 5.10. The zero-order valence-electron chi connectivity index (χ0n) is 7.84. The molecular formula is C8H15NO2S. The van der Waals surface area contributed by atoms with E-state index in [0.29, 0.717) is 0 Å². The van der Waals surface area contributed by atoms with Crippen molar-refractivity contribution >= 4 is 24.3 Å². The number of Topliss-reactive ketones (excluding diaryl/α,β-unsaturated/α-hetero) is 1. The number of carbonyl (C=O) groups excluding carboxylic acids is 2. The van der Waals surface area contributed by atoms with E-state index >= 15 is 0 Å². The third-order valence-corrected chi connectivity index (χ3v) is 1.94. The number of ketones is 1. The fraction of sp³-hybridized carbons (Fsp3) is 0.750. The summed E-state index contributed by atoms with van der Waals surface area (Å²) < 4.78 is -0.821. The minimum absolute atomic E-state index is 0.258. The van der Waals surface area contributed by atoms with Crippen LogP contribution in [0.15, 0.2) is 0 Å². The lowest BCUT2D eigenvalue weighted by Crippen LogP contribution is -2.46. The van der Waals surface area contributed by atoms with Crippen molar-refractivity contribution in [2.45, 2.75) is 32.4 Å². The van der Waals surface area contributed by atoms with Gasteiger partial charge in [-0.25, -0.2) is 0 Å². The van der Waals surface area contributed by atoms with Gasteiger partial charge >= 0.3 is 0 Å². The van der Waals surface area contributed by atoms with Crippen LogP contribution in [0.2, 0.25) is 0 Å². The number of amides is 1. The van der Waals surface area contributed by atoms with Crippen LogP contribution in [0.25, 0.3) is 0 Å². The lowest BCUT2D eigenvalue weighted by Gasteiger charge is -2.26. The summed E-state index contributed by atoms with van der Waals surface area (Å²) in [5, 5.41) is 0. The van der Waals surface area contributed by atoms with Gasteiger partial charge in [0.2, 0.25) is 5.91 Å². The third kappa shape index (κ3) is 2.24. The van der Waals surface area contributed by atoms with Gasteiger partial charge in [0, 0.05) is 0 Å². The van der Waals surface area contributed by atoms with Gasteiger partial charge in [0.25, 0.3) is 0 Å². The maximum Gasteiger partial charge on any atom is 0.230 e.